The lowest BCUT2D eigenvalue weighted by molar-refractivity contribution is -0.139. The molecule has 0 spiro atoms. The van der Waals surface area contributed by atoms with E-state index in [0.29, 0.717) is 31.6 Å². The molecule has 1 saturated heterocycles. The number of methoxy groups -OCH3 is 1. The fourth-order valence-corrected chi connectivity index (χ4v) is 3.52. The van der Waals surface area contributed by atoms with E-state index < -0.39 is 0 Å². The molecule has 1 atom stereocenters. The first-order chi connectivity index (χ1) is 13.6. The van der Waals surface area contributed by atoms with Crippen LogP contribution >= 0.6 is 0 Å². The van der Waals surface area contributed by atoms with Crippen LogP contribution in [0.1, 0.15) is 18.4 Å². The number of ether oxygens (including phenoxy) is 1. The van der Waals surface area contributed by atoms with Crippen LogP contribution in [0.15, 0.2) is 67.3 Å². The van der Waals surface area contributed by atoms with Gasteiger partial charge in [-0.1, -0.05) is 42.5 Å². The third-order valence-corrected chi connectivity index (χ3v) is 5.00. The number of carbonyl (C=O) groups is 2. The molecule has 2 amide bonds. The van der Waals surface area contributed by atoms with Crippen LogP contribution in [-0.2, 0) is 16.0 Å². The van der Waals surface area contributed by atoms with E-state index in [9.17, 15) is 9.59 Å². The van der Waals surface area contributed by atoms with Crippen LogP contribution in [0.2, 0.25) is 0 Å². The van der Waals surface area contributed by atoms with Gasteiger partial charge in [-0.15, -0.1) is 6.58 Å². The molecule has 5 heteroatoms. The van der Waals surface area contributed by atoms with Gasteiger partial charge in [0.1, 0.15) is 12.3 Å². The van der Waals surface area contributed by atoms with Gasteiger partial charge in [0.05, 0.1) is 13.2 Å². The van der Waals surface area contributed by atoms with Gasteiger partial charge < -0.3 is 14.5 Å². The smallest absolute Gasteiger partial charge is 0.246 e. The quantitative estimate of drug-likeness (QED) is 0.694. The van der Waals surface area contributed by atoms with E-state index in [1.54, 1.807) is 23.0 Å². The Bertz CT molecular complexity index is 835. The van der Waals surface area contributed by atoms with Gasteiger partial charge in [0, 0.05) is 24.7 Å². The molecule has 5 nitrogen and oxygen atoms in total. The Hall–Kier alpha value is -3.08. The number of carbonyl (C=O) groups excluding carboxylic acids is 2. The molecule has 0 saturated carbocycles. The van der Waals surface area contributed by atoms with Crippen molar-refractivity contribution < 1.29 is 14.3 Å². The summed E-state index contributed by atoms with van der Waals surface area (Å²) in [6, 6.07) is 17.5. The highest BCUT2D eigenvalue weighted by Crippen LogP contribution is 2.26. The van der Waals surface area contributed by atoms with Crippen molar-refractivity contribution in [1.82, 2.24) is 4.90 Å². The van der Waals surface area contributed by atoms with Crippen LogP contribution in [0.3, 0.4) is 0 Å². The van der Waals surface area contributed by atoms with Gasteiger partial charge >= 0.3 is 0 Å². The molecule has 1 fully saturated rings. The van der Waals surface area contributed by atoms with E-state index in [0.717, 1.165) is 11.3 Å². The van der Waals surface area contributed by atoms with Crippen LogP contribution in [0.25, 0.3) is 0 Å². The molecule has 0 unspecified atom stereocenters. The average Bonchev–Trinajstić information content (AvgIpc) is 2.73. The summed E-state index contributed by atoms with van der Waals surface area (Å²) in [5, 5.41) is 0. The molecule has 2 aromatic rings. The Balaban J connectivity index is 1.85. The maximum Gasteiger partial charge on any atom is 0.246 e. The molecule has 3 rings (SSSR count). The second-order valence-corrected chi connectivity index (χ2v) is 6.90. The summed E-state index contributed by atoms with van der Waals surface area (Å²) in [6.45, 7) is 4.24. The maximum atomic E-state index is 12.9. The highest BCUT2D eigenvalue weighted by Gasteiger charge is 2.35. The van der Waals surface area contributed by atoms with E-state index in [4.69, 9.17) is 4.74 Å². The van der Waals surface area contributed by atoms with Crippen molar-refractivity contribution in [3.05, 3.63) is 72.8 Å². The van der Waals surface area contributed by atoms with E-state index in [1.807, 2.05) is 42.5 Å². The van der Waals surface area contributed by atoms with Crippen molar-refractivity contribution in [2.75, 3.05) is 25.1 Å². The zero-order valence-electron chi connectivity index (χ0n) is 16.2. The third kappa shape index (κ3) is 4.60. The van der Waals surface area contributed by atoms with Crippen LogP contribution < -0.4 is 9.64 Å². The molecule has 1 heterocycles. The molecule has 0 bridgehead atoms. The lowest BCUT2D eigenvalue weighted by Crippen LogP contribution is -2.58. The largest absolute Gasteiger partial charge is 0.497 e. The Labute approximate surface area is 166 Å². The van der Waals surface area contributed by atoms with E-state index in [2.05, 4.69) is 18.7 Å². The van der Waals surface area contributed by atoms with E-state index in [-0.39, 0.29) is 24.4 Å². The molecule has 2 aromatic carbocycles. The summed E-state index contributed by atoms with van der Waals surface area (Å²) in [5.41, 5.74) is 1.94. The minimum atomic E-state index is -0.0800. The number of nitrogens with zero attached hydrogens (tertiary/aromatic N) is 2. The molecule has 146 valence electrons. The fourth-order valence-electron chi connectivity index (χ4n) is 3.52. The first kappa shape index (κ1) is 19.7. The molecule has 0 N–H and O–H groups in total. The Morgan fingerprint density at radius 2 is 2.00 bits per heavy atom. The zero-order chi connectivity index (χ0) is 19.9. The Kier molecular flexibility index (Phi) is 6.48. The number of rotatable bonds is 7. The molecule has 28 heavy (non-hydrogen) atoms. The number of amides is 2. The zero-order valence-corrected chi connectivity index (χ0v) is 16.2. The lowest BCUT2D eigenvalue weighted by atomic mass is 10.0. The summed E-state index contributed by atoms with van der Waals surface area (Å²) >= 11 is 0. The minimum Gasteiger partial charge on any atom is -0.497 e. The number of allylic oxidation sites excluding steroid dienone is 1. The SMILES string of the molecule is C=CCCC(=O)N1CC(=O)N(c2cccc(OC)c2)C[C@H]1Cc1ccccc1. The van der Waals surface area contributed by atoms with Gasteiger partial charge in [-0.2, -0.15) is 0 Å². The van der Waals surface area contributed by atoms with E-state index >= 15 is 0 Å². The predicted molar refractivity (Wildman–Crippen MR) is 110 cm³/mol. The number of hydrogen-bond acceptors (Lipinski definition) is 3. The maximum absolute atomic E-state index is 12.9. The van der Waals surface area contributed by atoms with Gasteiger partial charge in [0.25, 0.3) is 0 Å². The molecule has 0 aliphatic carbocycles. The monoisotopic (exact) mass is 378 g/mol. The van der Waals surface area contributed by atoms with Crippen LogP contribution in [-0.4, -0.2) is 43.0 Å². The highest BCUT2D eigenvalue weighted by atomic mass is 16.5. The molecular formula is C23H26N2O3. The predicted octanol–water partition coefficient (Wildman–Crippen LogP) is 3.45. The van der Waals surface area contributed by atoms with Gasteiger partial charge in [-0.05, 0) is 30.5 Å². The van der Waals surface area contributed by atoms with Crippen molar-refractivity contribution in [2.24, 2.45) is 0 Å². The minimum absolute atomic E-state index is 0.000488. The van der Waals surface area contributed by atoms with Gasteiger partial charge in [0.2, 0.25) is 11.8 Å². The average molecular weight is 378 g/mol. The second kappa shape index (κ2) is 9.22. The van der Waals surface area contributed by atoms with Crippen molar-refractivity contribution in [3.8, 4) is 5.75 Å². The van der Waals surface area contributed by atoms with Crippen LogP contribution in [0.5, 0.6) is 5.75 Å². The second-order valence-electron chi connectivity index (χ2n) is 6.90. The molecule has 1 aliphatic heterocycles. The normalized spacial score (nSPS) is 16.8. The number of piperazine rings is 1. The molecule has 1 aliphatic rings. The van der Waals surface area contributed by atoms with Gasteiger partial charge in [-0.25, -0.2) is 0 Å². The first-order valence-corrected chi connectivity index (χ1v) is 9.51. The van der Waals surface area contributed by atoms with Gasteiger partial charge in [0.15, 0.2) is 0 Å². The van der Waals surface area contributed by atoms with Crippen molar-refractivity contribution >= 4 is 17.5 Å². The summed E-state index contributed by atoms with van der Waals surface area (Å²) in [5.74, 6) is 0.624. The molecule has 0 radical (unpaired) electrons. The standard InChI is InChI=1S/C23H26N2O3/c1-3-4-13-22(26)25-17-23(27)24(19-11-8-12-21(15-19)28-2)16-20(25)14-18-9-6-5-7-10-18/h3,5-12,15,20H,1,4,13-14,16-17H2,2H3/t20-/m1/s1. The number of hydrogen-bond donors (Lipinski definition) is 0. The van der Waals surface area contributed by atoms with E-state index in [1.165, 1.54) is 0 Å². The highest BCUT2D eigenvalue weighted by molar-refractivity contribution is 5.98. The topological polar surface area (TPSA) is 49.9 Å². The van der Waals surface area contributed by atoms with Crippen molar-refractivity contribution in [1.29, 1.82) is 0 Å². The summed E-state index contributed by atoms with van der Waals surface area (Å²) in [7, 11) is 1.61. The van der Waals surface area contributed by atoms with Crippen LogP contribution in [0.4, 0.5) is 5.69 Å². The van der Waals surface area contributed by atoms with Crippen molar-refractivity contribution in [2.45, 2.75) is 25.3 Å². The lowest BCUT2D eigenvalue weighted by Gasteiger charge is -2.41. The summed E-state index contributed by atoms with van der Waals surface area (Å²) < 4.78 is 5.30. The van der Waals surface area contributed by atoms with Crippen LogP contribution in [0, 0.1) is 0 Å². The molecule has 0 aromatic heterocycles. The third-order valence-electron chi connectivity index (χ3n) is 5.00. The fraction of sp³-hybridized carbons (Fsp3) is 0.304. The number of benzene rings is 2. The summed E-state index contributed by atoms with van der Waals surface area (Å²) in [6.07, 6.45) is 3.43. The summed E-state index contributed by atoms with van der Waals surface area (Å²) in [4.78, 5) is 29.1. The van der Waals surface area contributed by atoms with Gasteiger partial charge in [-0.3, -0.25) is 9.59 Å². The molecular weight excluding hydrogens is 352 g/mol. The first-order valence-electron chi connectivity index (χ1n) is 9.51. The Morgan fingerprint density at radius 1 is 1.21 bits per heavy atom. The number of anilines is 1. The van der Waals surface area contributed by atoms with Crippen molar-refractivity contribution in [3.63, 3.8) is 0 Å². The Morgan fingerprint density at radius 3 is 2.71 bits per heavy atom.